The molecule has 0 radical (unpaired) electrons. The van der Waals surface area contributed by atoms with Crippen LogP contribution in [-0.4, -0.2) is 30.0 Å². The minimum atomic E-state index is 0.0617. The highest BCUT2D eigenvalue weighted by Crippen LogP contribution is 2.23. The van der Waals surface area contributed by atoms with Crippen LogP contribution in [0.2, 0.25) is 5.02 Å². The Morgan fingerprint density at radius 2 is 1.59 bits per heavy atom. The number of benzene rings is 3. The lowest BCUT2D eigenvalue weighted by Gasteiger charge is -2.32. The molecule has 0 aliphatic carbocycles. The number of halogens is 1. The predicted octanol–water partition coefficient (Wildman–Crippen LogP) is 5.77. The fourth-order valence-corrected chi connectivity index (χ4v) is 3.61. The Bertz CT molecular complexity index is 952. The van der Waals surface area contributed by atoms with Crippen molar-refractivity contribution < 1.29 is 9.53 Å². The molecule has 29 heavy (non-hydrogen) atoms. The zero-order valence-electron chi connectivity index (χ0n) is 16.1. The Morgan fingerprint density at radius 1 is 0.897 bits per heavy atom. The molecule has 4 rings (SSSR count). The first-order chi connectivity index (χ1) is 14.2. The quantitative estimate of drug-likeness (QED) is 0.585. The molecule has 1 fully saturated rings. The molecule has 1 amide bonds. The molecule has 0 unspecified atom stereocenters. The Hall–Kier alpha value is -2.98. The molecular weight excluding hydrogens is 384 g/mol. The van der Waals surface area contributed by atoms with Gasteiger partial charge in [0.05, 0.1) is 0 Å². The van der Waals surface area contributed by atoms with Crippen LogP contribution in [0.15, 0.2) is 78.9 Å². The zero-order valence-corrected chi connectivity index (χ0v) is 16.8. The molecule has 1 aliphatic heterocycles. The van der Waals surface area contributed by atoms with Crippen LogP contribution in [0.4, 0.5) is 11.4 Å². The van der Waals surface area contributed by atoms with Crippen molar-refractivity contribution in [1.29, 1.82) is 0 Å². The molecule has 0 aromatic heterocycles. The van der Waals surface area contributed by atoms with E-state index in [1.54, 1.807) is 0 Å². The van der Waals surface area contributed by atoms with Crippen LogP contribution < -0.4 is 10.1 Å². The highest BCUT2D eigenvalue weighted by atomic mass is 35.5. The maximum Gasteiger partial charge on any atom is 0.253 e. The minimum Gasteiger partial charge on any atom is -0.490 e. The number of anilines is 2. The van der Waals surface area contributed by atoms with Crippen molar-refractivity contribution in [3.05, 3.63) is 89.4 Å². The maximum absolute atomic E-state index is 12.9. The zero-order chi connectivity index (χ0) is 20.1. The van der Waals surface area contributed by atoms with Crippen molar-refractivity contribution in [3.8, 4) is 5.75 Å². The molecule has 3 aromatic rings. The van der Waals surface area contributed by atoms with Gasteiger partial charge in [0.15, 0.2) is 0 Å². The van der Waals surface area contributed by atoms with Gasteiger partial charge in [-0.2, -0.15) is 0 Å². The second-order valence-electron chi connectivity index (χ2n) is 7.14. The number of para-hydroxylation sites is 1. The first-order valence-corrected chi connectivity index (χ1v) is 10.2. The highest BCUT2D eigenvalue weighted by Gasteiger charge is 2.24. The van der Waals surface area contributed by atoms with Gasteiger partial charge in [-0.1, -0.05) is 35.9 Å². The van der Waals surface area contributed by atoms with Gasteiger partial charge in [-0.3, -0.25) is 4.79 Å². The summed E-state index contributed by atoms with van der Waals surface area (Å²) < 4.78 is 6.02. The second kappa shape index (κ2) is 9.01. The summed E-state index contributed by atoms with van der Waals surface area (Å²) in [7, 11) is 0. The average Bonchev–Trinajstić information content (AvgIpc) is 2.76. The lowest BCUT2D eigenvalue weighted by atomic mass is 10.1. The van der Waals surface area contributed by atoms with Crippen LogP contribution in [0.25, 0.3) is 0 Å². The van der Waals surface area contributed by atoms with Crippen LogP contribution in [0.3, 0.4) is 0 Å². The summed E-state index contributed by atoms with van der Waals surface area (Å²) in [5, 5.41) is 4.04. The van der Waals surface area contributed by atoms with E-state index in [1.807, 2.05) is 83.8 Å². The monoisotopic (exact) mass is 406 g/mol. The smallest absolute Gasteiger partial charge is 0.253 e. The van der Waals surface area contributed by atoms with E-state index < -0.39 is 0 Å². The summed E-state index contributed by atoms with van der Waals surface area (Å²) >= 11 is 5.92. The SMILES string of the molecule is O=C(c1cccc(Nc2ccccc2)c1)N1CCC(Oc2ccc(Cl)cc2)CC1. The van der Waals surface area contributed by atoms with E-state index in [0.717, 1.165) is 30.0 Å². The number of hydrogen-bond acceptors (Lipinski definition) is 3. The minimum absolute atomic E-state index is 0.0617. The van der Waals surface area contributed by atoms with E-state index in [4.69, 9.17) is 16.3 Å². The molecule has 148 valence electrons. The van der Waals surface area contributed by atoms with Gasteiger partial charge in [-0.25, -0.2) is 0 Å². The molecule has 0 atom stereocenters. The largest absolute Gasteiger partial charge is 0.490 e. The van der Waals surface area contributed by atoms with E-state index in [1.165, 1.54) is 0 Å². The van der Waals surface area contributed by atoms with E-state index in [2.05, 4.69) is 5.32 Å². The van der Waals surface area contributed by atoms with Crippen LogP contribution in [0.5, 0.6) is 5.75 Å². The fraction of sp³-hybridized carbons (Fsp3) is 0.208. The molecule has 1 aliphatic rings. The Morgan fingerprint density at radius 3 is 2.31 bits per heavy atom. The summed E-state index contributed by atoms with van der Waals surface area (Å²) in [6.07, 6.45) is 1.75. The number of rotatable bonds is 5. The van der Waals surface area contributed by atoms with E-state index in [9.17, 15) is 4.79 Å². The summed E-state index contributed by atoms with van der Waals surface area (Å²) in [6, 6.07) is 25.0. The van der Waals surface area contributed by atoms with Crippen molar-refractivity contribution in [2.45, 2.75) is 18.9 Å². The van der Waals surface area contributed by atoms with Crippen LogP contribution in [-0.2, 0) is 0 Å². The predicted molar refractivity (Wildman–Crippen MR) is 117 cm³/mol. The van der Waals surface area contributed by atoms with Gasteiger partial charge in [0.25, 0.3) is 5.91 Å². The number of likely N-dealkylation sites (tertiary alicyclic amines) is 1. The van der Waals surface area contributed by atoms with Gasteiger partial charge in [0, 0.05) is 47.9 Å². The Labute approximate surface area is 176 Å². The number of hydrogen-bond donors (Lipinski definition) is 1. The van der Waals surface area contributed by atoms with Gasteiger partial charge in [-0.15, -0.1) is 0 Å². The molecule has 1 saturated heterocycles. The Balaban J connectivity index is 1.34. The number of nitrogens with zero attached hydrogens (tertiary/aromatic N) is 1. The first kappa shape index (κ1) is 19.3. The normalized spacial score (nSPS) is 14.4. The maximum atomic E-state index is 12.9. The summed E-state index contributed by atoms with van der Waals surface area (Å²) in [5.74, 6) is 0.880. The lowest BCUT2D eigenvalue weighted by molar-refractivity contribution is 0.0595. The number of nitrogens with one attached hydrogen (secondary N) is 1. The summed E-state index contributed by atoms with van der Waals surface area (Å²) in [5.41, 5.74) is 2.60. The van der Waals surface area contributed by atoms with Crippen LogP contribution >= 0.6 is 11.6 Å². The van der Waals surface area contributed by atoms with Crippen molar-refractivity contribution >= 4 is 28.9 Å². The van der Waals surface area contributed by atoms with Gasteiger partial charge in [0.2, 0.25) is 0 Å². The summed E-state index contributed by atoms with van der Waals surface area (Å²) in [4.78, 5) is 14.9. The van der Waals surface area contributed by atoms with Gasteiger partial charge in [0.1, 0.15) is 11.9 Å². The molecule has 5 heteroatoms. The molecule has 3 aromatic carbocycles. The van der Waals surface area contributed by atoms with Crippen molar-refractivity contribution in [2.24, 2.45) is 0 Å². The van der Waals surface area contributed by atoms with Crippen molar-refractivity contribution in [2.75, 3.05) is 18.4 Å². The molecule has 4 nitrogen and oxygen atoms in total. The lowest BCUT2D eigenvalue weighted by Crippen LogP contribution is -2.41. The average molecular weight is 407 g/mol. The molecule has 0 bridgehead atoms. The van der Waals surface area contributed by atoms with E-state index >= 15 is 0 Å². The number of amides is 1. The van der Waals surface area contributed by atoms with Gasteiger partial charge < -0.3 is 15.0 Å². The number of carbonyl (C=O) groups is 1. The van der Waals surface area contributed by atoms with E-state index in [-0.39, 0.29) is 12.0 Å². The Kier molecular flexibility index (Phi) is 6.01. The van der Waals surface area contributed by atoms with Gasteiger partial charge >= 0.3 is 0 Å². The third-order valence-electron chi connectivity index (χ3n) is 5.02. The topological polar surface area (TPSA) is 41.6 Å². The molecule has 1 heterocycles. The fourth-order valence-electron chi connectivity index (χ4n) is 3.48. The number of piperidine rings is 1. The molecule has 0 spiro atoms. The van der Waals surface area contributed by atoms with Crippen molar-refractivity contribution in [1.82, 2.24) is 4.90 Å². The third-order valence-corrected chi connectivity index (χ3v) is 5.27. The molecular formula is C24H23ClN2O2. The molecule has 0 saturated carbocycles. The van der Waals surface area contributed by atoms with Crippen LogP contribution in [0, 0.1) is 0 Å². The van der Waals surface area contributed by atoms with Crippen molar-refractivity contribution in [3.63, 3.8) is 0 Å². The first-order valence-electron chi connectivity index (χ1n) is 9.81. The summed E-state index contributed by atoms with van der Waals surface area (Å²) in [6.45, 7) is 1.38. The standard InChI is InChI=1S/C24H23ClN2O2/c25-19-9-11-22(12-10-19)29-23-13-15-27(16-14-23)24(28)18-5-4-8-21(17-18)26-20-6-2-1-3-7-20/h1-12,17,23,26H,13-16H2. The van der Waals surface area contributed by atoms with E-state index in [0.29, 0.717) is 23.7 Å². The molecule has 1 N–H and O–H groups in total. The third kappa shape index (κ3) is 5.09. The number of carbonyl (C=O) groups excluding carboxylic acids is 1. The van der Waals surface area contributed by atoms with Crippen LogP contribution in [0.1, 0.15) is 23.2 Å². The second-order valence-corrected chi connectivity index (χ2v) is 7.57. The van der Waals surface area contributed by atoms with Gasteiger partial charge in [-0.05, 0) is 54.6 Å². The number of ether oxygens (including phenoxy) is 1. The highest BCUT2D eigenvalue weighted by molar-refractivity contribution is 6.30.